The zero-order valence-electron chi connectivity index (χ0n) is 17.2. The second kappa shape index (κ2) is 8.15. The normalized spacial score (nSPS) is 19.3. The molecule has 7 heteroatoms. The molecule has 2 aromatic carbocycles. The fourth-order valence-electron chi connectivity index (χ4n) is 4.69. The Morgan fingerprint density at radius 1 is 1.10 bits per heavy atom. The maximum Gasteiger partial charge on any atom is 0.237 e. The van der Waals surface area contributed by atoms with Crippen LogP contribution in [0.5, 0.6) is 0 Å². The molecule has 0 saturated carbocycles. The van der Waals surface area contributed by atoms with Gasteiger partial charge in [-0.05, 0) is 12.1 Å². The Morgan fingerprint density at radius 3 is 2.77 bits per heavy atom. The number of rotatable bonds is 4. The molecule has 2 N–H and O–H groups in total. The summed E-state index contributed by atoms with van der Waals surface area (Å²) in [6.07, 6.45) is 0.865. The minimum absolute atomic E-state index is 0.0449. The number of hydrogen-bond donors (Lipinski definition) is 2. The zero-order chi connectivity index (χ0) is 21.4. The molecular formula is C24H25FN4O2. The second-order valence-electron chi connectivity index (χ2n) is 8.27. The molecule has 1 fully saturated rings. The predicted molar refractivity (Wildman–Crippen MR) is 116 cm³/mol. The van der Waals surface area contributed by atoms with E-state index in [9.17, 15) is 14.0 Å². The highest BCUT2D eigenvalue weighted by atomic mass is 19.1. The Labute approximate surface area is 180 Å². The Morgan fingerprint density at radius 2 is 1.90 bits per heavy atom. The Balaban J connectivity index is 1.32. The first-order valence-electron chi connectivity index (χ1n) is 10.7. The molecule has 3 heterocycles. The number of carbonyl (C=O) groups excluding carboxylic acids is 2. The van der Waals surface area contributed by atoms with Gasteiger partial charge in [0, 0.05) is 66.9 Å². The molecule has 0 aliphatic carbocycles. The number of carbonyl (C=O) groups is 2. The molecule has 0 radical (unpaired) electrons. The zero-order valence-corrected chi connectivity index (χ0v) is 17.2. The summed E-state index contributed by atoms with van der Waals surface area (Å²) in [4.78, 5) is 33.0. The summed E-state index contributed by atoms with van der Waals surface area (Å²) in [5.41, 5.74) is 3.97. The van der Waals surface area contributed by atoms with E-state index < -0.39 is 6.04 Å². The lowest BCUT2D eigenvalue weighted by Crippen LogP contribution is -2.56. The third kappa shape index (κ3) is 3.81. The van der Waals surface area contributed by atoms with Crippen molar-refractivity contribution in [3.05, 3.63) is 71.2 Å². The van der Waals surface area contributed by atoms with Crippen LogP contribution in [0.4, 0.5) is 4.39 Å². The average Bonchev–Trinajstić information content (AvgIpc) is 3.15. The van der Waals surface area contributed by atoms with Crippen LogP contribution < -0.4 is 5.32 Å². The molecule has 160 valence electrons. The summed E-state index contributed by atoms with van der Waals surface area (Å²) in [6.45, 7) is 2.57. The number of fused-ring (bicyclic) bond motifs is 3. The number of aromatic amines is 1. The molecule has 1 saturated heterocycles. The van der Waals surface area contributed by atoms with Crippen molar-refractivity contribution >= 4 is 22.7 Å². The maximum atomic E-state index is 14.2. The first kappa shape index (κ1) is 19.8. The number of H-pyrrole nitrogens is 1. The lowest BCUT2D eigenvalue weighted by Gasteiger charge is -2.36. The van der Waals surface area contributed by atoms with Crippen molar-refractivity contribution in [3.63, 3.8) is 0 Å². The molecule has 0 unspecified atom stereocenters. The standard InChI is InChI=1S/C24H25FN4O2/c25-19-7-3-1-5-16(19)14-28-12-10-26-24(31)22(28)13-23(30)29-11-9-21-18(15-29)17-6-2-4-8-20(17)27-21/h1-8,22,27H,9-15H2,(H,26,31)/t22-/m0/s1. The summed E-state index contributed by atoms with van der Waals surface area (Å²) >= 11 is 0. The van der Waals surface area contributed by atoms with Gasteiger partial charge >= 0.3 is 0 Å². The average molecular weight is 420 g/mol. The summed E-state index contributed by atoms with van der Waals surface area (Å²) in [6, 6.07) is 14.1. The third-order valence-corrected chi connectivity index (χ3v) is 6.38. The summed E-state index contributed by atoms with van der Waals surface area (Å²) < 4.78 is 14.2. The van der Waals surface area contributed by atoms with E-state index in [1.54, 1.807) is 18.2 Å². The minimum Gasteiger partial charge on any atom is -0.358 e. The molecule has 1 atom stereocenters. The van der Waals surface area contributed by atoms with E-state index in [-0.39, 0.29) is 24.1 Å². The summed E-state index contributed by atoms with van der Waals surface area (Å²) in [5.74, 6) is -0.501. The van der Waals surface area contributed by atoms with Crippen molar-refractivity contribution in [1.29, 1.82) is 0 Å². The van der Waals surface area contributed by atoms with Crippen LogP contribution in [0, 0.1) is 5.82 Å². The highest BCUT2D eigenvalue weighted by Crippen LogP contribution is 2.28. The predicted octanol–water partition coefficient (Wildman–Crippen LogP) is 2.58. The molecule has 2 aliphatic heterocycles. The maximum absolute atomic E-state index is 14.2. The van der Waals surface area contributed by atoms with E-state index in [0.717, 1.165) is 22.9 Å². The largest absolute Gasteiger partial charge is 0.358 e. The van der Waals surface area contributed by atoms with Crippen molar-refractivity contribution in [3.8, 4) is 0 Å². The van der Waals surface area contributed by atoms with Gasteiger partial charge in [0.05, 0.1) is 12.5 Å². The van der Waals surface area contributed by atoms with Crippen molar-refractivity contribution in [2.24, 2.45) is 0 Å². The molecule has 6 nitrogen and oxygen atoms in total. The van der Waals surface area contributed by atoms with Crippen molar-refractivity contribution in [1.82, 2.24) is 20.1 Å². The smallest absolute Gasteiger partial charge is 0.237 e. The molecule has 3 aromatic rings. The monoisotopic (exact) mass is 420 g/mol. The van der Waals surface area contributed by atoms with Gasteiger partial charge in [0.2, 0.25) is 11.8 Å². The highest BCUT2D eigenvalue weighted by Gasteiger charge is 2.34. The Kier molecular flexibility index (Phi) is 5.19. The lowest BCUT2D eigenvalue weighted by atomic mass is 10.0. The van der Waals surface area contributed by atoms with E-state index >= 15 is 0 Å². The van der Waals surface area contributed by atoms with Crippen molar-refractivity contribution < 1.29 is 14.0 Å². The van der Waals surface area contributed by atoms with Crippen LogP contribution in [0.2, 0.25) is 0 Å². The van der Waals surface area contributed by atoms with E-state index in [1.165, 1.54) is 11.8 Å². The first-order valence-corrected chi connectivity index (χ1v) is 10.7. The third-order valence-electron chi connectivity index (χ3n) is 6.38. The number of nitrogens with zero attached hydrogens (tertiary/aromatic N) is 2. The number of amides is 2. The van der Waals surface area contributed by atoms with Gasteiger partial charge in [-0.25, -0.2) is 4.39 Å². The van der Waals surface area contributed by atoms with Crippen LogP contribution in [0.3, 0.4) is 0 Å². The van der Waals surface area contributed by atoms with Gasteiger partial charge in [-0.2, -0.15) is 0 Å². The Bertz CT molecular complexity index is 1140. The van der Waals surface area contributed by atoms with Gasteiger partial charge in [-0.3, -0.25) is 14.5 Å². The first-order chi connectivity index (χ1) is 15.1. The molecular weight excluding hydrogens is 395 g/mol. The van der Waals surface area contributed by atoms with Crippen LogP contribution in [-0.4, -0.2) is 52.3 Å². The van der Waals surface area contributed by atoms with E-state index in [1.807, 2.05) is 28.0 Å². The summed E-state index contributed by atoms with van der Waals surface area (Å²) in [7, 11) is 0. The van der Waals surface area contributed by atoms with E-state index in [0.29, 0.717) is 38.3 Å². The summed E-state index contributed by atoms with van der Waals surface area (Å²) in [5, 5.41) is 4.00. The molecule has 0 spiro atoms. The molecule has 0 bridgehead atoms. The van der Waals surface area contributed by atoms with Gasteiger partial charge in [-0.15, -0.1) is 0 Å². The van der Waals surface area contributed by atoms with Crippen molar-refractivity contribution in [2.75, 3.05) is 19.6 Å². The molecule has 1 aromatic heterocycles. The SMILES string of the molecule is O=C1NCCN(Cc2ccccc2F)[C@H]1CC(=O)N1CCc2[nH]c3ccccc3c2C1. The van der Waals surface area contributed by atoms with Crippen LogP contribution in [0.15, 0.2) is 48.5 Å². The van der Waals surface area contributed by atoms with Crippen LogP contribution >= 0.6 is 0 Å². The molecule has 31 heavy (non-hydrogen) atoms. The number of benzene rings is 2. The Hall–Kier alpha value is -3.19. The number of nitrogens with one attached hydrogen (secondary N) is 2. The lowest BCUT2D eigenvalue weighted by molar-refractivity contribution is -0.139. The van der Waals surface area contributed by atoms with E-state index in [2.05, 4.69) is 16.4 Å². The number of piperazine rings is 1. The fourth-order valence-corrected chi connectivity index (χ4v) is 4.69. The van der Waals surface area contributed by atoms with Gasteiger partial charge in [-0.1, -0.05) is 36.4 Å². The van der Waals surface area contributed by atoms with Crippen LogP contribution in [0.25, 0.3) is 10.9 Å². The molecule has 2 aliphatic rings. The molecule has 5 rings (SSSR count). The van der Waals surface area contributed by atoms with Gasteiger partial charge < -0.3 is 15.2 Å². The topological polar surface area (TPSA) is 68.4 Å². The minimum atomic E-state index is -0.592. The van der Waals surface area contributed by atoms with E-state index in [4.69, 9.17) is 0 Å². The number of para-hydroxylation sites is 1. The number of halogens is 1. The van der Waals surface area contributed by atoms with Gasteiger partial charge in [0.25, 0.3) is 0 Å². The second-order valence-corrected chi connectivity index (χ2v) is 8.27. The van der Waals surface area contributed by atoms with Crippen molar-refractivity contribution in [2.45, 2.75) is 32.0 Å². The van der Waals surface area contributed by atoms with Crippen LogP contribution in [0.1, 0.15) is 23.2 Å². The number of hydrogen-bond acceptors (Lipinski definition) is 3. The fraction of sp³-hybridized carbons (Fsp3) is 0.333. The number of aromatic nitrogens is 1. The quantitative estimate of drug-likeness (QED) is 0.682. The van der Waals surface area contributed by atoms with Crippen LogP contribution in [-0.2, 0) is 29.1 Å². The van der Waals surface area contributed by atoms with Gasteiger partial charge in [0.15, 0.2) is 0 Å². The van der Waals surface area contributed by atoms with Gasteiger partial charge in [0.1, 0.15) is 5.82 Å². The highest BCUT2D eigenvalue weighted by molar-refractivity contribution is 5.90. The molecule has 2 amide bonds.